The lowest BCUT2D eigenvalue weighted by Crippen LogP contribution is -2.15. The third-order valence-corrected chi connectivity index (χ3v) is 5.82. The van der Waals surface area contributed by atoms with E-state index in [1.54, 1.807) is 6.08 Å². The van der Waals surface area contributed by atoms with Crippen molar-refractivity contribution in [1.82, 2.24) is 14.8 Å². The summed E-state index contributed by atoms with van der Waals surface area (Å²) >= 11 is 8.23. The molecule has 0 bridgehead atoms. The van der Waals surface area contributed by atoms with Crippen LogP contribution in [0.3, 0.4) is 0 Å². The summed E-state index contributed by atoms with van der Waals surface area (Å²) in [5.41, 5.74) is -0.991. The zero-order valence-electron chi connectivity index (χ0n) is 14.7. The summed E-state index contributed by atoms with van der Waals surface area (Å²) in [5, 5.41) is 12.7. The Labute approximate surface area is 177 Å². The molecule has 3 rings (SSSR count). The van der Waals surface area contributed by atoms with Gasteiger partial charge in [0.1, 0.15) is 0 Å². The second kappa shape index (κ2) is 9.02. The van der Waals surface area contributed by atoms with Gasteiger partial charge in [0.05, 0.1) is 21.2 Å². The maximum absolute atomic E-state index is 12.9. The van der Waals surface area contributed by atoms with Crippen LogP contribution >= 0.6 is 34.7 Å². The Hall–Kier alpha value is -2.30. The Morgan fingerprint density at radius 3 is 2.79 bits per heavy atom. The Bertz CT molecular complexity index is 1020. The summed E-state index contributed by atoms with van der Waals surface area (Å²) in [6.45, 7) is 4.18. The molecule has 3 aromatic rings. The van der Waals surface area contributed by atoms with E-state index < -0.39 is 22.7 Å². The molecule has 1 aromatic carbocycles. The first kappa shape index (κ1) is 21.4. The third-order valence-electron chi connectivity index (χ3n) is 3.66. The number of aromatic nitrogens is 3. The molecule has 1 N–H and O–H groups in total. The van der Waals surface area contributed by atoms with Crippen LogP contribution in [0.1, 0.15) is 5.56 Å². The van der Waals surface area contributed by atoms with E-state index >= 15 is 0 Å². The largest absolute Gasteiger partial charge is 0.417 e. The van der Waals surface area contributed by atoms with Crippen molar-refractivity contribution in [2.75, 3.05) is 11.1 Å². The molecule has 0 atom stereocenters. The third kappa shape index (κ3) is 5.20. The molecule has 0 saturated carbocycles. The number of thioether (sulfide) groups is 1. The highest BCUT2D eigenvalue weighted by molar-refractivity contribution is 7.99. The summed E-state index contributed by atoms with van der Waals surface area (Å²) in [7, 11) is 0. The number of thiophene rings is 1. The molecule has 2 aromatic heterocycles. The van der Waals surface area contributed by atoms with E-state index in [1.807, 2.05) is 22.1 Å². The Morgan fingerprint density at radius 2 is 2.14 bits per heavy atom. The molecule has 0 fully saturated rings. The van der Waals surface area contributed by atoms with E-state index in [1.165, 1.54) is 17.4 Å². The van der Waals surface area contributed by atoms with E-state index in [2.05, 4.69) is 22.1 Å². The predicted molar refractivity (Wildman–Crippen MR) is 109 cm³/mol. The highest BCUT2D eigenvalue weighted by Crippen LogP contribution is 2.36. The Balaban J connectivity index is 1.69. The fraction of sp³-hybridized carbons (Fsp3) is 0.167. The normalized spacial score (nSPS) is 11.4. The number of carbonyl (C=O) groups is 1. The summed E-state index contributed by atoms with van der Waals surface area (Å²) in [4.78, 5) is 13.1. The smallest absolute Gasteiger partial charge is 0.325 e. The van der Waals surface area contributed by atoms with Crippen LogP contribution in [0.25, 0.3) is 10.7 Å². The van der Waals surface area contributed by atoms with Crippen LogP contribution in [0, 0.1) is 0 Å². The number of carbonyl (C=O) groups excluding carboxylic acids is 1. The van der Waals surface area contributed by atoms with Crippen LogP contribution in [0.15, 0.2) is 53.5 Å². The summed E-state index contributed by atoms with van der Waals surface area (Å²) < 4.78 is 40.7. The SMILES string of the molecule is C=CCn1c(SCC(=O)Nc2ccc(Cl)c(C(F)(F)F)c2)nnc1-c1cccs1. The van der Waals surface area contributed by atoms with Gasteiger partial charge in [0.15, 0.2) is 11.0 Å². The molecule has 1 amide bonds. The molecule has 0 aliphatic heterocycles. The standard InChI is InChI=1S/C18H14ClF3N4OS2/c1-2-7-26-16(14-4-3-8-28-14)24-25-17(26)29-10-15(27)23-11-5-6-13(19)12(9-11)18(20,21)22/h2-6,8-9H,1,7,10H2,(H,23,27). The summed E-state index contributed by atoms with van der Waals surface area (Å²) in [5.74, 6) is 0.135. The van der Waals surface area contributed by atoms with Crippen molar-refractivity contribution >= 4 is 46.3 Å². The number of rotatable bonds is 7. The highest BCUT2D eigenvalue weighted by atomic mass is 35.5. The van der Waals surface area contributed by atoms with Gasteiger partial charge in [-0.15, -0.1) is 28.1 Å². The molecule has 29 heavy (non-hydrogen) atoms. The molecular weight excluding hydrogens is 445 g/mol. The molecule has 0 saturated heterocycles. The average Bonchev–Trinajstić information content (AvgIpc) is 3.31. The second-order valence-electron chi connectivity index (χ2n) is 5.71. The molecule has 11 heteroatoms. The minimum Gasteiger partial charge on any atom is -0.325 e. The Morgan fingerprint density at radius 1 is 1.34 bits per heavy atom. The van der Waals surface area contributed by atoms with Crippen molar-refractivity contribution in [2.24, 2.45) is 0 Å². The van der Waals surface area contributed by atoms with Gasteiger partial charge in [-0.1, -0.05) is 35.5 Å². The number of amides is 1. The van der Waals surface area contributed by atoms with Gasteiger partial charge >= 0.3 is 6.18 Å². The first-order valence-electron chi connectivity index (χ1n) is 8.17. The van der Waals surface area contributed by atoms with Gasteiger partial charge < -0.3 is 5.32 Å². The minimum absolute atomic E-state index is 0.0131. The van der Waals surface area contributed by atoms with E-state index in [-0.39, 0.29) is 11.4 Å². The lowest BCUT2D eigenvalue weighted by Gasteiger charge is -2.12. The van der Waals surface area contributed by atoms with Gasteiger partial charge in [0, 0.05) is 12.2 Å². The maximum Gasteiger partial charge on any atom is 0.417 e. The molecule has 152 valence electrons. The zero-order valence-corrected chi connectivity index (χ0v) is 17.1. The van der Waals surface area contributed by atoms with Crippen molar-refractivity contribution in [1.29, 1.82) is 0 Å². The molecular formula is C18H14ClF3N4OS2. The molecule has 0 radical (unpaired) electrons. The van der Waals surface area contributed by atoms with Crippen molar-refractivity contribution in [3.05, 3.63) is 59.0 Å². The number of nitrogens with one attached hydrogen (secondary N) is 1. The van der Waals surface area contributed by atoms with Gasteiger partial charge in [-0.3, -0.25) is 9.36 Å². The summed E-state index contributed by atoms with van der Waals surface area (Å²) in [6, 6.07) is 7.03. The fourth-order valence-corrected chi connectivity index (χ4v) is 4.11. The number of alkyl halides is 3. The first-order chi connectivity index (χ1) is 13.8. The van der Waals surface area contributed by atoms with Gasteiger partial charge in [-0.05, 0) is 29.6 Å². The monoisotopic (exact) mass is 458 g/mol. The number of anilines is 1. The average molecular weight is 459 g/mol. The van der Waals surface area contributed by atoms with Gasteiger partial charge in [0.2, 0.25) is 5.91 Å². The molecule has 2 heterocycles. The molecule has 0 aliphatic rings. The van der Waals surface area contributed by atoms with E-state index in [0.717, 1.165) is 28.8 Å². The zero-order chi connectivity index (χ0) is 21.0. The predicted octanol–water partition coefficient (Wildman–Crippen LogP) is 5.60. The van der Waals surface area contributed by atoms with Crippen LogP contribution in [0.5, 0.6) is 0 Å². The van der Waals surface area contributed by atoms with Crippen molar-refractivity contribution in [3.8, 4) is 10.7 Å². The quantitative estimate of drug-likeness (QED) is 0.370. The number of nitrogens with zero attached hydrogens (tertiary/aromatic N) is 3. The number of halogens is 4. The molecule has 0 spiro atoms. The van der Waals surface area contributed by atoms with Gasteiger partial charge in [-0.2, -0.15) is 13.2 Å². The maximum atomic E-state index is 12.9. The summed E-state index contributed by atoms with van der Waals surface area (Å²) in [6.07, 6.45) is -2.91. The van der Waals surface area contributed by atoms with Crippen LogP contribution < -0.4 is 5.32 Å². The number of hydrogen-bond donors (Lipinski definition) is 1. The lowest BCUT2D eigenvalue weighted by molar-refractivity contribution is -0.137. The lowest BCUT2D eigenvalue weighted by atomic mass is 10.2. The highest BCUT2D eigenvalue weighted by Gasteiger charge is 2.33. The van der Waals surface area contributed by atoms with E-state index in [4.69, 9.17) is 11.6 Å². The van der Waals surface area contributed by atoms with Crippen LogP contribution in [0.2, 0.25) is 5.02 Å². The first-order valence-corrected chi connectivity index (χ1v) is 10.4. The van der Waals surface area contributed by atoms with Crippen LogP contribution in [0.4, 0.5) is 18.9 Å². The van der Waals surface area contributed by atoms with Crippen LogP contribution in [-0.4, -0.2) is 26.4 Å². The molecule has 0 aliphatic carbocycles. The topological polar surface area (TPSA) is 59.8 Å². The van der Waals surface area contributed by atoms with E-state index in [9.17, 15) is 18.0 Å². The van der Waals surface area contributed by atoms with Gasteiger partial charge in [-0.25, -0.2) is 0 Å². The van der Waals surface area contributed by atoms with E-state index in [0.29, 0.717) is 17.5 Å². The number of allylic oxidation sites excluding steroid dienone is 1. The minimum atomic E-state index is -4.61. The molecule has 5 nitrogen and oxygen atoms in total. The molecule has 0 unspecified atom stereocenters. The van der Waals surface area contributed by atoms with Crippen LogP contribution in [-0.2, 0) is 17.5 Å². The van der Waals surface area contributed by atoms with Crippen molar-refractivity contribution < 1.29 is 18.0 Å². The Kier molecular flexibility index (Phi) is 6.66. The second-order valence-corrected chi connectivity index (χ2v) is 8.01. The number of benzene rings is 1. The van der Waals surface area contributed by atoms with Gasteiger partial charge in [0.25, 0.3) is 0 Å². The van der Waals surface area contributed by atoms with Crippen molar-refractivity contribution in [3.63, 3.8) is 0 Å². The fourth-order valence-electron chi connectivity index (χ4n) is 2.42. The van der Waals surface area contributed by atoms with Crippen molar-refractivity contribution in [2.45, 2.75) is 17.9 Å². The number of hydrogen-bond acceptors (Lipinski definition) is 5.